The highest BCUT2D eigenvalue weighted by Gasteiger charge is 2.39. The Kier molecular flexibility index (Phi) is 5.12. The van der Waals surface area contributed by atoms with Gasteiger partial charge in [0.05, 0.1) is 0 Å². The fraction of sp³-hybridized carbons (Fsp3) is 0.360. The molecule has 0 atom stereocenters. The summed E-state index contributed by atoms with van der Waals surface area (Å²) in [4.78, 5) is 0. The molecule has 0 amide bonds. The smallest absolute Gasteiger partial charge is 0.0805 e. The van der Waals surface area contributed by atoms with Crippen molar-refractivity contribution in [3.8, 4) is 0 Å². The second kappa shape index (κ2) is 7.04. The summed E-state index contributed by atoms with van der Waals surface area (Å²) < 4.78 is 0. The molecule has 0 radical (unpaired) electrons. The van der Waals surface area contributed by atoms with Crippen LogP contribution in [0.2, 0.25) is 6.55 Å². The van der Waals surface area contributed by atoms with Crippen molar-refractivity contribution in [1.82, 2.24) is 0 Å². The molecule has 0 fully saturated rings. The molecule has 0 unspecified atom stereocenters. The van der Waals surface area contributed by atoms with Gasteiger partial charge in [-0.3, -0.25) is 0 Å². The summed E-state index contributed by atoms with van der Waals surface area (Å²) in [7, 11) is -2.00. The van der Waals surface area contributed by atoms with Crippen molar-refractivity contribution in [3.05, 3.63) is 81.6 Å². The first-order valence-electron chi connectivity index (χ1n) is 9.79. The number of rotatable bonds is 4. The van der Waals surface area contributed by atoms with Gasteiger partial charge in [-0.05, 0) is 56.0 Å². The maximum absolute atomic E-state index is 2.57. The van der Waals surface area contributed by atoms with E-state index >= 15 is 0 Å². The van der Waals surface area contributed by atoms with E-state index < -0.39 is 8.07 Å². The number of hydrogen-bond donors (Lipinski definition) is 0. The number of benzene rings is 2. The van der Waals surface area contributed by atoms with Gasteiger partial charge >= 0.3 is 0 Å². The normalized spacial score (nSPS) is 14.6. The minimum atomic E-state index is -2.00. The molecule has 0 aliphatic heterocycles. The average molecular weight is 361 g/mol. The molecule has 26 heavy (non-hydrogen) atoms. The SMILES string of the molecule is Cc1cc(C)cc([Si](C)(C2=C(C(C)C)C=CC2)c2cc(C)cc(C)c2)c1. The fourth-order valence-electron chi connectivity index (χ4n) is 4.60. The molecule has 0 saturated heterocycles. The van der Waals surface area contributed by atoms with Crippen LogP contribution in [0.1, 0.15) is 42.5 Å². The Bertz CT molecular complexity index is 804. The van der Waals surface area contributed by atoms with Crippen molar-refractivity contribution in [2.75, 3.05) is 0 Å². The van der Waals surface area contributed by atoms with Crippen LogP contribution in [-0.2, 0) is 0 Å². The first-order chi connectivity index (χ1) is 12.2. The van der Waals surface area contributed by atoms with Crippen LogP contribution in [0.4, 0.5) is 0 Å². The zero-order chi connectivity index (χ0) is 19.1. The minimum absolute atomic E-state index is 0.576. The maximum atomic E-state index is 2.57. The van der Waals surface area contributed by atoms with Crippen molar-refractivity contribution in [1.29, 1.82) is 0 Å². The number of aryl methyl sites for hydroxylation is 4. The van der Waals surface area contributed by atoms with Gasteiger partial charge in [-0.1, -0.05) is 96.4 Å². The Labute approximate surface area is 160 Å². The molecular weight excluding hydrogens is 328 g/mol. The molecule has 0 spiro atoms. The summed E-state index contributed by atoms with van der Waals surface area (Å²) in [5, 5.41) is 4.80. The molecule has 1 aliphatic rings. The van der Waals surface area contributed by atoms with Gasteiger partial charge < -0.3 is 0 Å². The summed E-state index contributed by atoms with van der Waals surface area (Å²) in [6.07, 6.45) is 5.87. The molecule has 0 aromatic heterocycles. The Morgan fingerprint density at radius 3 is 1.54 bits per heavy atom. The zero-order valence-electron chi connectivity index (χ0n) is 17.4. The molecule has 3 rings (SSSR count). The highest BCUT2D eigenvalue weighted by Crippen LogP contribution is 2.33. The first kappa shape index (κ1) is 18.9. The van der Waals surface area contributed by atoms with Crippen molar-refractivity contribution >= 4 is 18.4 Å². The lowest BCUT2D eigenvalue weighted by atomic mass is 10.1. The van der Waals surface area contributed by atoms with E-state index in [0.717, 1.165) is 6.42 Å². The molecule has 0 N–H and O–H groups in total. The van der Waals surface area contributed by atoms with E-state index in [1.807, 2.05) is 0 Å². The van der Waals surface area contributed by atoms with Gasteiger partial charge in [0.2, 0.25) is 0 Å². The van der Waals surface area contributed by atoms with Crippen molar-refractivity contribution in [3.63, 3.8) is 0 Å². The Balaban J connectivity index is 2.34. The molecule has 1 heteroatoms. The zero-order valence-corrected chi connectivity index (χ0v) is 18.4. The van der Waals surface area contributed by atoms with Gasteiger partial charge in [0, 0.05) is 0 Å². The van der Waals surface area contributed by atoms with E-state index in [4.69, 9.17) is 0 Å². The predicted octanol–water partition coefficient (Wildman–Crippen LogP) is 5.56. The second-order valence-corrected chi connectivity index (χ2v) is 12.6. The summed E-state index contributed by atoms with van der Waals surface area (Å²) in [6, 6.07) is 14.4. The summed E-state index contributed by atoms with van der Waals surface area (Å²) >= 11 is 0. The van der Waals surface area contributed by atoms with Crippen LogP contribution < -0.4 is 10.4 Å². The number of hydrogen-bond acceptors (Lipinski definition) is 0. The molecule has 136 valence electrons. The highest BCUT2D eigenvalue weighted by atomic mass is 28.3. The molecule has 0 heterocycles. The highest BCUT2D eigenvalue weighted by molar-refractivity contribution is 7.06. The van der Waals surface area contributed by atoms with E-state index in [-0.39, 0.29) is 0 Å². The third kappa shape index (κ3) is 3.37. The van der Waals surface area contributed by atoms with E-state index in [1.165, 1.54) is 22.3 Å². The summed E-state index contributed by atoms with van der Waals surface area (Å²) in [6.45, 7) is 16.2. The van der Waals surface area contributed by atoms with Gasteiger partial charge in [0.25, 0.3) is 0 Å². The topological polar surface area (TPSA) is 0 Å². The largest absolute Gasteiger partial charge is 0.142 e. The van der Waals surface area contributed by atoms with Crippen molar-refractivity contribution < 1.29 is 0 Å². The van der Waals surface area contributed by atoms with E-state index in [1.54, 1.807) is 21.1 Å². The van der Waals surface area contributed by atoms with Crippen LogP contribution in [0.15, 0.2) is 59.3 Å². The lowest BCUT2D eigenvalue weighted by Crippen LogP contribution is -2.58. The second-order valence-electron chi connectivity index (χ2n) is 8.57. The molecule has 2 aromatic carbocycles. The fourth-order valence-corrected chi connectivity index (χ4v) is 9.17. The van der Waals surface area contributed by atoms with Gasteiger partial charge in [0.15, 0.2) is 0 Å². The van der Waals surface area contributed by atoms with Crippen LogP contribution >= 0.6 is 0 Å². The third-order valence-corrected chi connectivity index (χ3v) is 10.4. The lowest BCUT2D eigenvalue weighted by Gasteiger charge is -2.34. The monoisotopic (exact) mass is 360 g/mol. The first-order valence-corrected chi connectivity index (χ1v) is 12.3. The van der Waals surface area contributed by atoms with Gasteiger partial charge in [-0.15, -0.1) is 0 Å². The van der Waals surface area contributed by atoms with Crippen LogP contribution in [-0.4, -0.2) is 8.07 Å². The Hall–Kier alpha value is -1.86. The quantitative estimate of drug-likeness (QED) is 0.626. The standard InChI is InChI=1S/C25H32Si/c1-17(2)24-9-8-10-25(24)26(7,22-13-18(3)11-19(4)14-22)23-15-20(5)12-21(6)16-23/h8-9,11-17H,10H2,1-7H3. The predicted molar refractivity (Wildman–Crippen MR) is 118 cm³/mol. The van der Waals surface area contributed by atoms with Crippen molar-refractivity contribution in [2.45, 2.75) is 54.5 Å². The molecular formula is C25H32Si. The maximum Gasteiger partial charge on any atom is 0.142 e. The molecule has 1 aliphatic carbocycles. The molecule has 0 saturated carbocycles. The van der Waals surface area contributed by atoms with E-state index in [2.05, 4.69) is 96.6 Å². The Morgan fingerprint density at radius 2 is 1.15 bits per heavy atom. The van der Waals surface area contributed by atoms with Crippen molar-refractivity contribution in [2.24, 2.45) is 5.92 Å². The van der Waals surface area contributed by atoms with Crippen LogP contribution in [0.5, 0.6) is 0 Å². The lowest BCUT2D eigenvalue weighted by molar-refractivity contribution is 0.789. The van der Waals surface area contributed by atoms with Crippen LogP contribution in [0, 0.1) is 33.6 Å². The average Bonchev–Trinajstić information content (AvgIpc) is 3.02. The van der Waals surface area contributed by atoms with Gasteiger partial charge in [-0.2, -0.15) is 0 Å². The molecule has 2 aromatic rings. The summed E-state index contributed by atoms with van der Waals surface area (Å²) in [5.74, 6) is 0.576. The van der Waals surface area contributed by atoms with Gasteiger partial charge in [-0.25, -0.2) is 0 Å². The van der Waals surface area contributed by atoms with E-state index in [9.17, 15) is 0 Å². The number of allylic oxidation sites excluding steroid dienone is 4. The molecule has 0 nitrogen and oxygen atoms in total. The minimum Gasteiger partial charge on any atom is -0.0805 e. The van der Waals surface area contributed by atoms with Crippen LogP contribution in [0.25, 0.3) is 0 Å². The molecule has 0 bridgehead atoms. The summed E-state index contributed by atoms with van der Waals surface area (Å²) in [5.41, 5.74) is 7.07. The third-order valence-electron chi connectivity index (χ3n) is 5.79. The van der Waals surface area contributed by atoms with E-state index in [0.29, 0.717) is 5.92 Å². The van der Waals surface area contributed by atoms with Gasteiger partial charge in [0.1, 0.15) is 8.07 Å². The van der Waals surface area contributed by atoms with Crippen LogP contribution in [0.3, 0.4) is 0 Å². The Morgan fingerprint density at radius 1 is 0.731 bits per heavy atom.